The van der Waals surface area contributed by atoms with Crippen molar-refractivity contribution in [3.63, 3.8) is 0 Å². The maximum atomic E-state index is 15.6. The van der Waals surface area contributed by atoms with Crippen LogP contribution in [0.4, 0.5) is 0 Å². The Hall–Kier alpha value is -10.7. The van der Waals surface area contributed by atoms with Crippen LogP contribution in [-0.4, -0.2) is 165 Å². The summed E-state index contributed by atoms with van der Waals surface area (Å²) >= 11 is 0. The molecule has 0 saturated heterocycles. The SMILES string of the molecule is CC[C@H](C)[C@H](N)C(=O)N[C@@H](CCCN=C(N)N)C(=O)N[C@@H](CCCN=C(N)N)C(=O)N[C@@H](CCCN=C(N)N)C(=O)N[C@@H](Cc1c[nH]c2ccccc12)C(=O)N[C@@H](Cc1c[nH]c2ccccc12)C(=O)N[C@@H](Cc1c[nH]c2ccccc12)C(=O)N[C@H](C(=O)N[C@H](C(=O)O)C(C)C)[C@@H](C)CC. The van der Waals surface area contributed by atoms with E-state index in [1.807, 2.05) is 80.6 Å². The van der Waals surface area contributed by atoms with E-state index in [0.717, 1.165) is 10.9 Å². The lowest BCUT2D eigenvalue weighted by atomic mass is 9.95. The highest BCUT2D eigenvalue weighted by Gasteiger charge is 2.38. The van der Waals surface area contributed by atoms with Crippen LogP contribution >= 0.6 is 0 Å². The molecule has 31 nitrogen and oxygen atoms in total. The number of aliphatic imine (C=N–C) groups is 3. The Morgan fingerprint density at radius 2 is 0.697 bits per heavy atom. The predicted molar refractivity (Wildman–Crippen MR) is 381 cm³/mol. The number of guanidine groups is 3. The largest absolute Gasteiger partial charge is 0.480 e. The first kappa shape index (κ1) is 77.3. The topological polar surface area (TPSA) is 537 Å². The van der Waals surface area contributed by atoms with Gasteiger partial charge in [-0.15, -0.1) is 0 Å². The molecule has 11 atom stereocenters. The molecule has 0 radical (unpaired) electrons. The monoisotopic (exact) mass is 1370 g/mol. The zero-order chi connectivity index (χ0) is 72.5. The number of H-pyrrole nitrogens is 3. The molecule has 536 valence electrons. The van der Waals surface area contributed by atoms with Crippen molar-refractivity contribution in [1.29, 1.82) is 0 Å². The van der Waals surface area contributed by atoms with Crippen molar-refractivity contribution in [3.8, 4) is 0 Å². The summed E-state index contributed by atoms with van der Waals surface area (Å²) in [6, 6.07) is 9.79. The first-order valence-electron chi connectivity index (χ1n) is 33.4. The lowest BCUT2D eigenvalue weighted by molar-refractivity contribution is -0.144. The second kappa shape index (κ2) is 37.7. The van der Waals surface area contributed by atoms with Crippen molar-refractivity contribution in [1.82, 2.24) is 57.5 Å². The molecule has 0 fully saturated rings. The molecule has 0 saturated carbocycles. The molecule has 6 rings (SSSR count). The van der Waals surface area contributed by atoms with E-state index in [1.165, 1.54) is 0 Å². The number of carboxylic acids is 1. The number of para-hydroxylation sites is 3. The zero-order valence-corrected chi connectivity index (χ0v) is 57.0. The van der Waals surface area contributed by atoms with E-state index in [2.05, 4.69) is 72.5 Å². The minimum absolute atomic E-state index is 0.00130. The fraction of sp³-hybridized carbons (Fsp3) is 0.471. The van der Waals surface area contributed by atoms with Crippen LogP contribution in [0.3, 0.4) is 0 Å². The van der Waals surface area contributed by atoms with Crippen LogP contribution < -0.4 is 82.7 Å². The van der Waals surface area contributed by atoms with Crippen molar-refractivity contribution in [2.75, 3.05) is 19.6 Å². The number of aromatic nitrogens is 3. The third kappa shape index (κ3) is 23.0. The van der Waals surface area contributed by atoms with Crippen LogP contribution in [0.1, 0.15) is 110 Å². The number of aliphatic carboxylic acids is 1. The average molecular weight is 1370 g/mol. The van der Waals surface area contributed by atoms with Crippen LogP contribution in [0, 0.1) is 17.8 Å². The lowest BCUT2D eigenvalue weighted by Gasteiger charge is -2.29. The van der Waals surface area contributed by atoms with Gasteiger partial charge in [0.25, 0.3) is 0 Å². The van der Waals surface area contributed by atoms with Gasteiger partial charge in [0.05, 0.1) is 6.04 Å². The molecule has 0 aliphatic carbocycles. The van der Waals surface area contributed by atoms with Crippen LogP contribution in [-0.2, 0) is 62.4 Å². The maximum absolute atomic E-state index is 15.6. The van der Waals surface area contributed by atoms with E-state index in [0.29, 0.717) is 51.3 Å². The lowest BCUT2D eigenvalue weighted by Crippen LogP contribution is -2.61. The smallest absolute Gasteiger partial charge is 0.326 e. The van der Waals surface area contributed by atoms with Gasteiger partial charge in [-0.2, -0.15) is 0 Å². The maximum Gasteiger partial charge on any atom is 0.326 e. The van der Waals surface area contributed by atoms with Gasteiger partial charge in [0, 0.05) is 90.2 Å². The van der Waals surface area contributed by atoms with Crippen LogP contribution in [0.5, 0.6) is 0 Å². The van der Waals surface area contributed by atoms with E-state index in [-0.39, 0.29) is 101 Å². The fourth-order valence-corrected chi connectivity index (χ4v) is 11.4. The minimum atomic E-state index is -1.52. The Balaban J connectivity index is 1.39. The van der Waals surface area contributed by atoms with Gasteiger partial charge in [-0.3, -0.25) is 53.3 Å². The number of hydrogen-bond acceptors (Lipinski definition) is 13. The minimum Gasteiger partial charge on any atom is -0.480 e. The summed E-state index contributed by atoms with van der Waals surface area (Å²) in [5.41, 5.74) is 44.0. The molecule has 0 spiro atoms. The highest BCUT2D eigenvalue weighted by atomic mass is 16.4. The molecule has 99 heavy (non-hydrogen) atoms. The molecule has 3 aromatic heterocycles. The molecule has 0 aliphatic heterocycles. The molecule has 8 amide bonds. The summed E-state index contributed by atoms with van der Waals surface area (Å²) in [4.78, 5) is 152. The van der Waals surface area contributed by atoms with Crippen molar-refractivity contribution in [2.45, 2.75) is 167 Å². The highest BCUT2D eigenvalue weighted by molar-refractivity contribution is 6.00. The number of rotatable bonds is 40. The van der Waals surface area contributed by atoms with E-state index in [1.54, 1.807) is 52.4 Å². The van der Waals surface area contributed by atoms with Gasteiger partial charge in [0.15, 0.2) is 17.9 Å². The number of aromatic amines is 3. The Morgan fingerprint density at radius 3 is 1.01 bits per heavy atom. The van der Waals surface area contributed by atoms with Crippen molar-refractivity contribution in [3.05, 3.63) is 108 Å². The Morgan fingerprint density at radius 1 is 0.404 bits per heavy atom. The van der Waals surface area contributed by atoms with Gasteiger partial charge in [-0.1, -0.05) is 109 Å². The van der Waals surface area contributed by atoms with Gasteiger partial charge in [0.1, 0.15) is 48.3 Å². The third-order valence-corrected chi connectivity index (χ3v) is 17.5. The third-order valence-electron chi connectivity index (χ3n) is 17.5. The Labute approximate surface area is 574 Å². The number of nitrogens with zero attached hydrogens (tertiary/aromatic N) is 3. The molecular weight excluding hydrogens is 1270 g/mol. The van der Waals surface area contributed by atoms with Crippen molar-refractivity contribution in [2.24, 2.45) is 72.9 Å². The van der Waals surface area contributed by atoms with Crippen molar-refractivity contribution >= 4 is 104 Å². The summed E-state index contributed by atoms with van der Waals surface area (Å²) in [6.45, 7) is 10.6. The van der Waals surface area contributed by atoms with Crippen LogP contribution in [0.2, 0.25) is 0 Å². The zero-order valence-electron chi connectivity index (χ0n) is 57.0. The molecule has 3 heterocycles. The number of carboxylic acid groups (broad SMARTS) is 1. The summed E-state index contributed by atoms with van der Waals surface area (Å²) in [5.74, 6) is -9.57. The van der Waals surface area contributed by atoms with E-state index >= 15 is 19.2 Å². The Kier molecular flexibility index (Phi) is 29.4. The normalized spacial score (nSPS) is 14.7. The number of benzene rings is 3. The summed E-state index contributed by atoms with van der Waals surface area (Å²) in [7, 11) is 0. The fourth-order valence-electron chi connectivity index (χ4n) is 11.4. The quantitative estimate of drug-likeness (QED) is 0.0140. The van der Waals surface area contributed by atoms with Crippen LogP contribution in [0.15, 0.2) is 106 Å². The summed E-state index contributed by atoms with van der Waals surface area (Å²) < 4.78 is 0. The Bertz CT molecular complexity index is 3830. The van der Waals surface area contributed by atoms with E-state index in [9.17, 15) is 29.1 Å². The number of hydrogen-bond donors (Lipinski definition) is 19. The average Bonchev–Trinajstić information content (AvgIpc) is 1.83. The number of fused-ring (bicyclic) bond motifs is 3. The highest BCUT2D eigenvalue weighted by Crippen LogP contribution is 2.24. The van der Waals surface area contributed by atoms with Crippen LogP contribution in [0.25, 0.3) is 32.7 Å². The van der Waals surface area contributed by atoms with Gasteiger partial charge >= 0.3 is 5.97 Å². The van der Waals surface area contributed by atoms with Gasteiger partial charge in [-0.25, -0.2) is 4.79 Å². The van der Waals surface area contributed by atoms with E-state index in [4.69, 9.17) is 40.1 Å². The first-order valence-corrected chi connectivity index (χ1v) is 33.4. The van der Waals surface area contributed by atoms with Gasteiger partial charge in [-0.05, 0) is 91.2 Å². The summed E-state index contributed by atoms with van der Waals surface area (Å²) in [6.07, 6.45) is 5.76. The second-order valence-electron chi connectivity index (χ2n) is 25.3. The molecular formula is C68H99N21O10. The molecule has 0 bridgehead atoms. The van der Waals surface area contributed by atoms with Gasteiger partial charge < -0.3 is 103 Å². The predicted octanol–water partition coefficient (Wildman–Crippen LogP) is 0.358. The first-order chi connectivity index (χ1) is 47.2. The summed E-state index contributed by atoms with van der Waals surface area (Å²) in [5, 5.41) is 34.5. The standard InChI is InChI=1S/C68H99N21O10/c1-7-37(5)54(69)63(96)84-50(26-17-29-78-68(74)75)58(91)82-48(24-15-27-76-66(70)71)57(90)83-49(25-16-28-77-67(72)73)59(92)85-51(30-39-33-79-45-21-12-9-18-42(39)45)60(93)86-52(31-40-34-80-46-22-13-10-19-43(40)46)61(94)87-53(32-41-35-81-47-23-14-11-20-44(41)47)62(95)89-56(38(6)8-2)64(97)88-55(36(3)4)65(98)99/h9-14,18-23,33-38,48-56,79-81H,7-8,15-17,24-32,69H2,1-6H3,(H,82,91)(H,83,90)(H,84,96)(H,85,92)(H,86,93)(H,87,94)(H,88,97)(H,89,95)(H,98,99)(H4,70,71,76)(H4,72,73,77)(H4,74,75,78)/t37-,38-,48-,49-,50-,51-,52-,53-,54-,55-,56-/m0/s1. The molecule has 3 aromatic carbocycles. The number of nitrogens with two attached hydrogens (primary N) is 7. The molecule has 31 heteroatoms. The van der Waals surface area contributed by atoms with Gasteiger partial charge in [0.2, 0.25) is 47.3 Å². The number of carbonyl (C=O) groups excluding carboxylic acids is 8. The number of nitrogens with one attached hydrogen (secondary N) is 11. The molecule has 0 aliphatic rings. The molecule has 6 aromatic rings. The van der Waals surface area contributed by atoms with Crippen molar-refractivity contribution < 1.29 is 48.3 Å². The number of carbonyl (C=O) groups is 9. The molecule has 0 unspecified atom stereocenters. The number of amides is 8. The van der Waals surface area contributed by atoms with E-state index < -0.39 is 119 Å². The second-order valence-corrected chi connectivity index (χ2v) is 25.3. The molecule has 26 N–H and O–H groups in total.